The van der Waals surface area contributed by atoms with Gasteiger partial charge in [0.05, 0.1) is 17.2 Å². The van der Waals surface area contributed by atoms with Gasteiger partial charge in [-0.3, -0.25) is 4.79 Å². The second-order valence-corrected chi connectivity index (χ2v) is 9.25. The number of ketones is 1. The summed E-state index contributed by atoms with van der Waals surface area (Å²) in [6, 6.07) is 11.5. The van der Waals surface area contributed by atoms with Gasteiger partial charge in [-0.1, -0.05) is 35.9 Å². The minimum absolute atomic E-state index is 0.0851. The van der Waals surface area contributed by atoms with Crippen LogP contribution >= 0.6 is 11.6 Å². The predicted octanol–water partition coefficient (Wildman–Crippen LogP) is 6.07. The molecule has 2 aliphatic rings. The van der Waals surface area contributed by atoms with Gasteiger partial charge in [-0.15, -0.1) is 0 Å². The van der Waals surface area contributed by atoms with E-state index in [0.717, 1.165) is 46.5 Å². The topological polar surface area (TPSA) is 64.6 Å². The van der Waals surface area contributed by atoms with E-state index in [0.29, 0.717) is 34.9 Å². The fourth-order valence-corrected chi connectivity index (χ4v) is 5.06. The van der Waals surface area contributed by atoms with Crippen molar-refractivity contribution in [2.45, 2.75) is 59.5 Å². The number of hydrogen-bond acceptors (Lipinski definition) is 5. The summed E-state index contributed by atoms with van der Waals surface area (Å²) in [5.41, 5.74) is 6.84. The zero-order valence-electron chi connectivity index (χ0n) is 20.1. The molecule has 6 heteroatoms. The van der Waals surface area contributed by atoms with Crippen molar-refractivity contribution in [2.75, 3.05) is 6.61 Å². The number of Topliss-reactive ketones (excluding diaryl/α,β-unsaturated/α-hetero) is 1. The highest BCUT2D eigenvalue weighted by Gasteiger charge is 2.39. The molecule has 34 heavy (non-hydrogen) atoms. The molecule has 1 heterocycles. The number of benzene rings is 2. The number of halogens is 1. The van der Waals surface area contributed by atoms with Crippen LogP contribution in [0, 0.1) is 13.8 Å². The van der Waals surface area contributed by atoms with E-state index < -0.39 is 11.9 Å². The normalized spacial score (nSPS) is 17.9. The van der Waals surface area contributed by atoms with E-state index in [2.05, 4.69) is 17.4 Å². The number of carbonyl (C=O) groups is 2. The number of nitrogens with one attached hydrogen (secondary N) is 1. The van der Waals surface area contributed by atoms with Crippen LogP contribution in [0.3, 0.4) is 0 Å². The lowest BCUT2D eigenvalue weighted by Crippen LogP contribution is -2.34. The molecule has 4 rings (SSSR count). The summed E-state index contributed by atoms with van der Waals surface area (Å²) in [4.78, 5) is 26.2. The van der Waals surface area contributed by atoms with E-state index >= 15 is 0 Å². The molecule has 1 N–H and O–H groups in total. The molecule has 0 fully saturated rings. The molecule has 1 atom stereocenters. The third kappa shape index (κ3) is 4.62. The van der Waals surface area contributed by atoms with Gasteiger partial charge in [-0.2, -0.15) is 0 Å². The van der Waals surface area contributed by atoms with Gasteiger partial charge in [0.15, 0.2) is 5.78 Å². The first-order valence-corrected chi connectivity index (χ1v) is 12.1. The maximum absolute atomic E-state index is 13.1. The molecular formula is C28H30ClNO4. The second kappa shape index (κ2) is 10.1. The van der Waals surface area contributed by atoms with E-state index in [-0.39, 0.29) is 12.4 Å². The lowest BCUT2D eigenvalue weighted by Gasteiger charge is -2.35. The molecular weight excluding hydrogens is 450 g/mol. The van der Waals surface area contributed by atoms with Crippen LogP contribution in [-0.2, 0) is 20.9 Å². The maximum atomic E-state index is 13.1. The van der Waals surface area contributed by atoms with E-state index in [9.17, 15) is 9.59 Å². The van der Waals surface area contributed by atoms with Crippen molar-refractivity contribution in [3.63, 3.8) is 0 Å². The van der Waals surface area contributed by atoms with Gasteiger partial charge in [0, 0.05) is 29.3 Å². The van der Waals surface area contributed by atoms with Crippen molar-refractivity contribution in [3.05, 3.63) is 86.2 Å². The van der Waals surface area contributed by atoms with Crippen molar-refractivity contribution in [3.8, 4) is 5.75 Å². The highest BCUT2D eigenvalue weighted by Crippen LogP contribution is 2.44. The first-order chi connectivity index (χ1) is 16.3. The highest BCUT2D eigenvalue weighted by molar-refractivity contribution is 6.32. The van der Waals surface area contributed by atoms with Gasteiger partial charge < -0.3 is 14.8 Å². The Morgan fingerprint density at radius 2 is 1.88 bits per heavy atom. The number of rotatable bonds is 6. The number of dihydropyridines is 1. The molecule has 2 aromatic rings. The molecule has 0 bridgehead atoms. The van der Waals surface area contributed by atoms with E-state index in [4.69, 9.17) is 21.1 Å². The van der Waals surface area contributed by atoms with Gasteiger partial charge in [0.2, 0.25) is 0 Å². The Morgan fingerprint density at radius 3 is 2.62 bits per heavy atom. The van der Waals surface area contributed by atoms with Gasteiger partial charge >= 0.3 is 5.97 Å². The molecule has 178 valence electrons. The summed E-state index contributed by atoms with van der Waals surface area (Å²) < 4.78 is 11.4. The van der Waals surface area contributed by atoms with E-state index in [1.165, 1.54) is 0 Å². The summed E-state index contributed by atoms with van der Waals surface area (Å²) in [6.07, 6.45) is 2.08. The van der Waals surface area contributed by atoms with Gasteiger partial charge in [0.1, 0.15) is 12.4 Å². The van der Waals surface area contributed by atoms with Gasteiger partial charge in [-0.25, -0.2) is 4.79 Å². The van der Waals surface area contributed by atoms with Crippen LogP contribution in [0.5, 0.6) is 5.75 Å². The number of hydrogen-bond donors (Lipinski definition) is 1. The van der Waals surface area contributed by atoms with Crippen LogP contribution in [0.1, 0.15) is 61.3 Å². The third-order valence-corrected chi connectivity index (χ3v) is 6.84. The Morgan fingerprint density at radius 1 is 1.12 bits per heavy atom. The van der Waals surface area contributed by atoms with Crippen molar-refractivity contribution < 1.29 is 19.1 Å². The number of ether oxygens (including phenoxy) is 2. The van der Waals surface area contributed by atoms with E-state index in [1.54, 1.807) is 13.0 Å². The summed E-state index contributed by atoms with van der Waals surface area (Å²) in [5, 5.41) is 3.89. The van der Waals surface area contributed by atoms with Crippen LogP contribution in [0.25, 0.3) is 0 Å². The average Bonchev–Trinajstić information content (AvgIpc) is 2.79. The monoisotopic (exact) mass is 479 g/mol. The number of esters is 1. The number of carbonyl (C=O) groups excluding carboxylic acids is 2. The number of aryl methyl sites for hydroxylation is 2. The SMILES string of the molecule is CCOC(=O)C1=C(C)NC2=C(C(=O)CCC2)C1c1cc(COc2ccccc2Cl)c(C)cc1C. The summed E-state index contributed by atoms with van der Waals surface area (Å²) in [7, 11) is 0. The predicted molar refractivity (Wildman–Crippen MR) is 133 cm³/mol. The summed E-state index contributed by atoms with van der Waals surface area (Å²) in [5.74, 6) is -0.163. The minimum atomic E-state index is -0.470. The largest absolute Gasteiger partial charge is 0.487 e. The standard InChI is InChI=1S/C28H30ClNO4/c1-5-33-28(32)25-18(4)30-22-10-8-11-23(31)27(22)26(25)20-14-19(16(2)13-17(20)3)15-34-24-12-7-6-9-21(24)29/h6-7,9,12-14,26,30H,5,8,10-11,15H2,1-4H3. The average molecular weight is 480 g/mol. The molecule has 0 spiro atoms. The highest BCUT2D eigenvalue weighted by atomic mass is 35.5. The van der Waals surface area contributed by atoms with Crippen molar-refractivity contribution in [1.29, 1.82) is 0 Å². The van der Waals surface area contributed by atoms with Crippen LogP contribution in [0.4, 0.5) is 0 Å². The molecule has 2 aromatic carbocycles. The quantitative estimate of drug-likeness (QED) is 0.509. The van der Waals surface area contributed by atoms with Crippen LogP contribution in [0.2, 0.25) is 5.02 Å². The smallest absolute Gasteiger partial charge is 0.336 e. The Bertz CT molecular complexity index is 1210. The lowest BCUT2D eigenvalue weighted by atomic mass is 9.73. The van der Waals surface area contributed by atoms with Crippen LogP contribution < -0.4 is 10.1 Å². The summed E-state index contributed by atoms with van der Waals surface area (Å²) in [6.45, 7) is 8.32. The minimum Gasteiger partial charge on any atom is -0.487 e. The van der Waals surface area contributed by atoms with Gasteiger partial charge in [0.25, 0.3) is 0 Å². The van der Waals surface area contributed by atoms with Crippen molar-refractivity contribution in [1.82, 2.24) is 5.32 Å². The first kappa shape index (κ1) is 24.1. The Labute approximate surface area is 205 Å². The van der Waals surface area contributed by atoms with Crippen molar-refractivity contribution in [2.24, 2.45) is 0 Å². The summed E-state index contributed by atoms with van der Waals surface area (Å²) >= 11 is 6.27. The van der Waals surface area contributed by atoms with Gasteiger partial charge in [-0.05, 0) is 74.9 Å². The maximum Gasteiger partial charge on any atom is 0.336 e. The molecule has 0 aromatic heterocycles. The molecule has 0 saturated heterocycles. The van der Waals surface area contributed by atoms with Crippen LogP contribution in [0.15, 0.2) is 58.9 Å². The molecule has 0 amide bonds. The molecule has 1 aliphatic heterocycles. The molecule has 1 aliphatic carbocycles. The Hall–Kier alpha value is -3.05. The van der Waals surface area contributed by atoms with Crippen molar-refractivity contribution >= 4 is 23.4 Å². The van der Waals surface area contributed by atoms with E-state index in [1.807, 2.05) is 39.0 Å². The number of para-hydroxylation sites is 1. The first-order valence-electron chi connectivity index (χ1n) is 11.7. The lowest BCUT2D eigenvalue weighted by molar-refractivity contribution is -0.138. The zero-order valence-corrected chi connectivity index (χ0v) is 20.8. The molecule has 5 nitrogen and oxygen atoms in total. The fraction of sp³-hybridized carbons (Fsp3) is 0.357. The number of allylic oxidation sites excluding steroid dienone is 3. The second-order valence-electron chi connectivity index (χ2n) is 8.84. The fourth-order valence-electron chi connectivity index (χ4n) is 4.87. The Balaban J connectivity index is 1.80. The molecule has 0 radical (unpaired) electrons. The van der Waals surface area contributed by atoms with Crippen LogP contribution in [-0.4, -0.2) is 18.4 Å². The molecule has 0 saturated carbocycles. The molecule has 1 unspecified atom stereocenters. The zero-order chi connectivity index (χ0) is 24.4. The Kier molecular flexibility index (Phi) is 7.13. The third-order valence-electron chi connectivity index (χ3n) is 6.53.